The van der Waals surface area contributed by atoms with E-state index in [1.165, 1.54) is 37.5 Å². The summed E-state index contributed by atoms with van der Waals surface area (Å²) >= 11 is 9.08. The molecule has 0 bridgehead atoms. The van der Waals surface area contributed by atoms with Crippen LogP contribution in [0.4, 0.5) is 0 Å². The molecule has 0 amide bonds. The Balaban J connectivity index is 2.48. The van der Waals surface area contributed by atoms with Gasteiger partial charge in [0.15, 0.2) is 0 Å². The van der Waals surface area contributed by atoms with Crippen LogP contribution in [0.1, 0.15) is 5.56 Å². The van der Waals surface area contributed by atoms with E-state index in [9.17, 15) is 13.7 Å². The van der Waals surface area contributed by atoms with E-state index in [1.807, 2.05) is 0 Å². The molecular formula is C16H11BrClNO3S. The summed E-state index contributed by atoms with van der Waals surface area (Å²) in [7, 11) is -2.37. The van der Waals surface area contributed by atoms with Gasteiger partial charge in [0, 0.05) is 5.02 Å². The van der Waals surface area contributed by atoms with E-state index in [0.29, 0.717) is 20.8 Å². The highest BCUT2D eigenvalue weighted by molar-refractivity contribution is 9.10. The first-order valence-electron chi connectivity index (χ1n) is 6.34. The number of rotatable bonds is 4. The first-order chi connectivity index (χ1) is 10.9. The Hall–Kier alpha value is -1.81. The first kappa shape index (κ1) is 17.5. The largest absolute Gasteiger partial charge is 0.496 e. The summed E-state index contributed by atoms with van der Waals surface area (Å²) in [6, 6.07) is 12.4. The molecule has 0 fully saturated rings. The molecule has 7 heteroatoms. The number of methoxy groups -OCH3 is 1. The molecule has 0 unspecified atom stereocenters. The lowest BCUT2D eigenvalue weighted by Gasteiger charge is -2.05. The monoisotopic (exact) mass is 411 g/mol. The third-order valence-corrected chi connectivity index (χ3v) is 5.55. The van der Waals surface area contributed by atoms with Gasteiger partial charge in [-0.1, -0.05) is 17.7 Å². The molecular weight excluding hydrogens is 402 g/mol. The van der Waals surface area contributed by atoms with E-state index in [1.54, 1.807) is 24.3 Å². The quantitative estimate of drug-likeness (QED) is 0.696. The molecule has 0 heterocycles. The minimum atomic E-state index is -3.90. The van der Waals surface area contributed by atoms with Crippen LogP contribution >= 0.6 is 27.5 Å². The predicted octanol–water partition coefficient (Wildman–Crippen LogP) is 4.45. The second kappa shape index (κ2) is 7.18. The second-order valence-electron chi connectivity index (χ2n) is 4.47. The molecule has 0 saturated carbocycles. The van der Waals surface area contributed by atoms with Gasteiger partial charge in [0.1, 0.15) is 16.7 Å². The molecule has 0 radical (unpaired) electrons. The number of nitriles is 1. The molecule has 23 heavy (non-hydrogen) atoms. The molecule has 2 rings (SSSR count). The lowest BCUT2D eigenvalue weighted by molar-refractivity contribution is 0.412. The Bertz CT molecular complexity index is 900. The fraction of sp³-hybridized carbons (Fsp3) is 0.0625. The summed E-state index contributed by atoms with van der Waals surface area (Å²) < 4.78 is 30.8. The van der Waals surface area contributed by atoms with Crippen molar-refractivity contribution in [3.05, 3.63) is 62.4 Å². The van der Waals surface area contributed by atoms with Crippen molar-refractivity contribution in [3.63, 3.8) is 0 Å². The number of hydrogen-bond donors (Lipinski definition) is 0. The fourth-order valence-corrected chi connectivity index (χ4v) is 3.68. The lowest BCUT2D eigenvalue weighted by Crippen LogP contribution is -2.03. The van der Waals surface area contributed by atoms with Crippen LogP contribution in [0.5, 0.6) is 5.75 Å². The highest BCUT2D eigenvalue weighted by Crippen LogP contribution is 2.28. The molecule has 0 aliphatic rings. The lowest BCUT2D eigenvalue weighted by atomic mass is 10.2. The molecule has 0 N–H and O–H groups in total. The number of halogens is 2. The van der Waals surface area contributed by atoms with Gasteiger partial charge < -0.3 is 4.74 Å². The number of sulfone groups is 1. The van der Waals surface area contributed by atoms with E-state index in [2.05, 4.69) is 15.9 Å². The third kappa shape index (κ3) is 3.94. The zero-order valence-corrected chi connectivity index (χ0v) is 15.1. The summed E-state index contributed by atoms with van der Waals surface area (Å²) in [4.78, 5) is -0.334. The molecule has 118 valence electrons. The Morgan fingerprint density at radius 3 is 2.43 bits per heavy atom. The van der Waals surface area contributed by atoms with Crippen LogP contribution in [0.15, 0.2) is 56.7 Å². The summed E-state index contributed by atoms with van der Waals surface area (Å²) in [5.74, 6) is 0.612. The van der Waals surface area contributed by atoms with Crippen LogP contribution in [0.2, 0.25) is 5.02 Å². The van der Waals surface area contributed by atoms with Crippen LogP contribution in [-0.4, -0.2) is 15.5 Å². The summed E-state index contributed by atoms with van der Waals surface area (Å²) in [5, 5.41) is 9.67. The van der Waals surface area contributed by atoms with Crippen LogP contribution in [-0.2, 0) is 9.84 Å². The van der Waals surface area contributed by atoms with Gasteiger partial charge in [0.05, 0.1) is 16.5 Å². The Morgan fingerprint density at radius 1 is 1.26 bits per heavy atom. The maximum absolute atomic E-state index is 12.5. The third-order valence-electron chi connectivity index (χ3n) is 3.00. The zero-order chi connectivity index (χ0) is 17.0. The fourth-order valence-electron chi connectivity index (χ4n) is 1.83. The van der Waals surface area contributed by atoms with Gasteiger partial charge in [0.25, 0.3) is 0 Å². The van der Waals surface area contributed by atoms with Crippen LogP contribution in [0.3, 0.4) is 0 Å². The molecule has 0 aliphatic carbocycles. The van der Waals surface area contributed by atoms with Gasteiger partial charge in [-0.05, 0) is 64.0 Å². The highest BCUT2D eigenvalue weighted by atomic mass is 79.9. The van der Waals surface area contributed by atoms with E-state index in [0.717, 1.165) is 0 Å². The van der Waals surface area contributed by atoms with Crippen molar-refractivity contribution in [3.8, 4) is 11.8 Å². The van der Waals surface area contributed by atoms with Crippen LogP contribution in [0, 0.1) is 11.3 Å². The van der Waals surface area contributed by atoms with Gasteiger partial charge in [0.2, 0.25) is 9.84 Å². The Morgan fingerprint density at radius 2 is 1.91 bits per heavy atom. The van der Waals surface area contributed by atoms with E-state index in [4.69, 9.17) is 16.3 Å². The predicted molar refractivity (Wildman–Crippen MR) is 92.9 cm³/mol. The topological polar surface area (TPSA) is 67.2 Å². The summed E-state index contributed by atoms with van der Waals surface area (Å²) in [6.07, 6.45) is 1.31. The molecule has 2 aromatic carbocycles. The van der Waals surface area contributed by atoms with Crippen molar-refractivity contribution >= 4 is 43.4 Å². The highest BCUT2D eigenvalue weighted by Gasteiger charge is 2.20. The minimum Gasteiger partial charge on any atom is -0.496 e. The number of benzene rings is 2. The van der Waals surface area contributed by atoms with Crippen molar-refractivity contribution in [1.29, 1.82) is 5.26 Å². The van der Waals surface area contributed by atoms with Crippen molar-refractivity contribution in [1.82, 2.24) is 0 Å². The maximum Gasteiger partial charge on any atom is 0.216 e. The van der Waals surface area contributed by atoms with Crippen molar-refractivity contribution < 1.29 is 13.2 Å². The zero-order valence-electron chi connectivity index (χ0n) is 12.0. The van der Waals surface area contributed by atoms with E-state index >= 15 is 0 Å². The Labute approximate surface area is 148 Å². The molecule has 0 aromatic heterocycles. The van der Waals surface area contributed by atoms with Gasteiger partial charge in [-0.25, -0.2) is 8.42 Å². The molecule has 4 nitrogen and oxygen atoms in total. The van der Waals surface area contributed by atoms with Gasteiger partial charge in [-0.3, -0.25) is 0 Å². The first-order valence-corrected chi connectivity index (χ1v) is 9.00. The van der Waals surface area contributed by atoms with Crippen molar-refractivity contribution in [2.75, 3.05) is 7.11 Å². The smallest absolute Gasteiger partial charge is 0.216 e. The maximum atomic E-state index is 12.5. The van der Waals surface area contributed by atoms with Crippen molar-refractivity contribution in [2.45, 2.75) is 4.90 Å². The summed E-state index contributed by atoms with van der Waals surface area (Å²) in [6.45, 7) is 0. The van der Waals surface area contributed by atoms with E-state index < -0.39 is 9.84 Å². The average Bonchev–Trinajstić information content (AvgIpc) is 2.53. The normalized spacial score (nSPS) is 11.8. The molecule has 0 spiro atoms. The number of ether oxygens (including phenoxy) is 1. The SMILES string of the molecule is COc1ccc(C=C(C#N)S(=O)(=O)c2ccc(Cl)cc2)cc1Br. The van der Waals surface area contributed by atoms with Crippen LogP contribution in [0.25, 0.3) is 6.08 Å². The molecule has 2 aromatic rings. The number of nitrogens with zero attached hydrogens (tertiary/aromatic N) is 1. The van der Waals surface area contributed by atoms with Gasteiger partial charge in [-0.2, -0.15) is 5.26 Å². The minimum absolute atomic E-state index is 0.0160. The Kier molecular flexibility index (Phi) is 5.47. The number of hydrogen-bond acceptors (Lipinski definition) is 4. The molecule has 0 aliphatic heterocycles. The molecule has 0 saturated heterocycles. The van der Waals surface area contributed by atoms with E-state index in [-0.39, 0.29) is 9.80 Å². The second-order valence-corrected chi connectivity index (χ2v) is 7.68. The summed E-state index contributed by atoms with van der Waals surface area (Å²) in [5.41, 5.74) is 0.562. The van der Waals surface area contributed by atoms with Gasteiger partial charge >= 0.3 is 0 Å². The standard InChI is InChI=1S/C16H11BrClNO3S/c1-22-16-7-2-11(9-15(16)17)8-14(10-19)23(20,21)13-5-3-12(18)4-6-13/h2-9H,1H3. The van der Waals surface area contributed by atoms with Crippen molar-refractivity contribution in [2.24, 2.45) is 0 Å². The van der Waals surface area contributed by atoms with Crippen LogP contribution < -0.4 is 4.74 Å². The number of allylic oxidation sites excluding steroid dienone is 1. The average molecular weight is 413 g/mol. The molecule has 0 atom stereocenters. The van der Waals surface area contributed by atoms with Gasteiger partial charge in [-0.15, -0.1) is 0 Å².